The van der Waals surface area contributed by atoms with E-state index in [1.165, 1.54) is 12.1 Å². The van der Waals surface area contributed by atoms with Gasteiger partial charge < -0.3 is 9.64 Å². The van der Waals surface area contributed by atoms with E-state index < -0.39 is 25.8 Å². The minimum atomic E-state index is -2.20. The molecule has 7 heteroatoms. The highest BCUT2D eigenvalue weighted by molar-refractivity contribution is 6.88. The number of hydrogen-bond acceptors (Lipinski definition) is 3. The molecule has 1 unspecified atom stereocenters. The van der Waals surface area contributed by atoms with Crippen LogP contribution in [0.25, 0.3) is 0 Å². The topological polar surface area (TPSA) is 46.6 Å². The first kappa shape index (κ1) is 23.3. The molecule has 0 spiro atoms. The van der Waals surface area contributed by atoms with Crippen molar-refractivity contribution >= 4 is 25.0 Å². The molecule has 0 N–H and O–H groups in total. The van der Waals surface area contributed by atoms with Gasteiger partial charge in [-0.3, -0.25) is 9.59 Å². The van der Waals surface area contributed by atoms with Crippen LogP contribution in [0.3, 0.4) is 0 Å². The zero-order chi connectivity index (χ0) is 22.8. The molecule has 1 fully saturated rings. The number of benzene rings is 2. The third kappa shape index (κ3) is 5.27. The normalized spacial score (nSPS) is 15.4. The van der Waals surface area contributed by atoms with E-state index in [2.05, 4.69) is 0 Å². The summed E-state index contributed by atoms with van der Waals surface area (Å²) >= 11 is 0. The molecule has 0 radical (unpaired) electrons. The molecule has 1 aliphatic heterocycles. The first-order valence-corrected chi connectivity index (χ1v) is 14.0. The van der Waals surface area contributed by atoms with Gasteiger partial charge in [-0.25, -0.2) is 8.78 Å². The minimum Gasteiger partial charge on any atom is -0.380 e. The highest BCUT2D eigenvalue weighted by atomic mass is 28.3. The average molecular weight is 446 g/mol. The van der Waals surface area contributed by atoms with Gasteiger partial charge in [0.2, 0.25) is 5.91 Å². The number of methoxy groups -OCH3 is 1. The van der Waals surface area contributed by atoms with Crippen LogP contribution in [0.2, 0.25) is 19.6 Å². The number of Topliss-reactive ketones (excluding diaryl/α,β-unsaturated/α-hetero) is 1. The number of rotatable bonds is 8. The van der Waals surface area contributed by atoms with Gasteiger partial charge in [-0.05, 0) is 35.2 Å². The molecule has 2 aromatic rings. The molecule has 0 bridgehead atoms. The summed E-state index contributed by atoms with van der Waals surface area (Å²) in [5.74, 6) is -1.53. The number of likely N-dealkylation sites (tertiary alicyclic amines) is 1. The van der Waals surface area contributed by atoms with Crippen LogP contribution in [0, 0.1) is 11.6 Å². The number of carbonyl (C=O) groups excluding carboxylic acids is 2. The van der Waals surface area contributed by atoms with Crippen molar-refractivity contribution in [3.63, 3.8) is 0 Å². The van der Waals surface area contributed by atoms with Gasteiger partial charge in [0.1, 0.15) is 17.7 Å². The third-order valence-corrected chi connectivity index (χ3v) is 7.54. The summed E-state index contributed by atoms with van der Waals surface area (Å²) in [5.41, 5.74) is 1.94. The second kappa shape index (κ2) is 9.40. The lowest BCUT2D eigenvalue weighted by Crippen LogP contribution is -2.42. The summed E-state index contributed by atoms with van der Waals surface area (Å²) in [6.07, 6.45) is 0.951. The molecule has 1 heterocycles. The number of hydrogen-bond donors (Lipinski definition) is 0. The molecule has 1 aliphatic rings. The quantitative estimate of drug-likeness (QED) is 0.574. The zero-order valence-electron chi connectivity index (χ0n) is 18.5. The maximum Gasteiger partial charge on any atom is 0.223 e. The smallest absolute Gasteiger partial charge is 0.223 e. The van der Waals surface area contributed by atoms with Crippen molar-refractivity contribution < 1.29 is 23.1 Å². The van der Waals surface area contributed by atoms with Crippen LogP contribution in [-0.2, 0) is 27.4 Å². The molecule has 1 atom stereocenters. The van der Waals surface area contributed by atoms with E-state index in [9.17, 15) is 18.4 Å². The Labute approximate surface area is 183 Å². The number of nitrogens with zero attached hydrogens (tertiary/aromatic N) is 1. The Morgan fingerprint density at radius 3 is 2.19 bits per heavy atom. The van der Waals surface area contributed by atoms with E-state index >= 15 is 0 Å². The Hall–Kier alpha value is -2.38. The molecule has 4 nitrogen and oxygen atoms in total. The van der Waals surface area contributed by atoms with E-state index in [1.54, 1.807) is 12.0 Å². The van der Waals surface area contributed by atoms with Gasteiger partial charge in [0, 0.05) is 31.7 Å². The molecule has 166 valence electrons. The lowest BCUT2D eigenvalue weighted by molar-refractivity contribution is -0.136. The van der Waals surface area contributed by atoms with Crippen molar-refractivity contribution in [3.8, 4) is 0 Å². The number of carbonyl (C=O) groups is 2. The minimum absolute atomic E-state index is 0.0780. The zero-order valence-corrected chi connectivity index (χ0v) is 19.5. The Morgan fingerprint density at radius 2 is 1.71 bits per heavy atom. The molecular formula is C24H29F2NO3Si. The summed E-state index contributed by atoms with van der Waals surface area (Å²) in [7, 11) is -0.595. The van der Waals surface area contributed by atoms with E-state index in [4.69, 9.17) is 4.74 Å². The summed E-state index contributed by atoms with van der Waals surface area (Å²) < 4.78 is 34.5. The second-order valence-corrected chi connectivity index (χ2v) is 14.1. The second-order valence-electron chi connectivity index (χ2n) is 9.10. The van der Waals surface area contributed by atoms with Gasteiger partial charge in [0.15, 0.2) is 5.78 Å². The fraction of sp³-hybridized carbons (Fsp3) is 0.417. The van der Waals surface area contributed by atoms with Gasteiger partial charge in [-0.2, -0.15) is 0 Å². The Balaban J connectivity index is 1.91. The largest absolute Gasteiger partial charge is 0.380 e. The van der Waals surface area contributed by atoms with Crippen molar-refractivity contribution in [3.05, 3.63) is 64.7 Å². The van der Waals surface area contributed by atoms with Crippen LogP contribution in [0.5, 0.6) is 0 Å². The molecule has 3 rings (SSSR count). The maximum atomic E-state index is 14.7. The van der Waals surface area contributed by atoms with Crippen LogP contribution in [0.1, 0.15) is 35.6 Å². The lowest BCUT2D eigenvalue weighted by atomic mass is 9.95. The van der Waals surface area contributed by atoms with Crippen molar-refractivity contribution in [2.24, 2.45) is 0 Å². The monoisotopic (exact) mass is 445 g/mol. The molecule has 1 saturated heterocycles. The summed E-state index contributed by atoms with van der Waals surface area (Å²) in [6, 6.07) is 9.12. The van der Waals surface area contributed by atoms with Crippen molar-refractivity contribution in [2.75, 3.05) is 13.7 Å². The summed E-state index contributed by atoms with van der Waals surface area (Å²) in [4.78, 5) is 27.3. The predicted molar refractivity (Wildman–Crippen MR) is 119 cm³/mol. The fourth-order valence-electron chi connectivity index (χ4n) is 4.19. The van der Waals surface area contributed by atoms with E-state index in [0.29, 0.717) is 31.6 Å². The van der Waals surface area contributed by atoms with Crippen molar-refractivity contribution in [1.29, 1.82) is 0 Å². The van der Waals surface area contributed by atoms with Crippen LogP contribution in [-0.4, -0.2) is 38.3 Å². The molecule has 0 saturated carbocycles. The van der Waals surface area contributed by atoms with Gasteiger partial charge in [-0.15, -0.1) is 0 Å². The number of halogens is 2. The third-order valence-electron chi connectivity index (χ3n) is 5.56. The first-order chi connectivity index (χ1) is 14.6. The Morgan fingerprint density at radius 1 is 1.10 bits per heavy atom. The van der Waals surface area contributed by atoms with Crippen molar-refractivity contribution in [2.45, 2.75) is 51.6 Å². The van der Waals surface area contributed by atoms with Gasteiger partial charge in [-0.1, -0.05) is 43.9 Å². The highest BCUT2D eigenvalue weighted by Gasteiger charge is 2.34. The van der Waals surface area contributed by atoms with Gasteiger partial charge >= 0.3 is 0 Å². The molecule has 0 aromatic heterocycles. The van der Waals surface area contributed by atoms with Gasteiger partial charge in [0.25, 0.3) is 0 Å². The summed E-state index contributed by atoms with van der Waals surface area (Å²) in [6.45, 7) is 6.57. The first-order valence-electron chi connectivity index (χ1n) is 10.5. The average Bonchev–Trinajstić information content (AvgIpc) is 3.07. The molecule has 0 aliphatic carbocycles. The summed E-state index contributed by atoms with van der Waals surface area (Å²) in [5, 5.41) is 0.142. The van der Waals surface area contributed by atoms with E-state index in [-0.39, 0.29) is 28.9 Å². The fourth-order valence-corrected chi connectivity index (χ4v) is 5.76. The Bertz CT molecular complexity index is 947. The van der Waals surface area contributed by atoms with E-state index in [0.717, 1.165) is 5.56 Å². The molecule has 31 heavy (non-hydrogen) atoms. The van der Waals surface area contributed by atoms with Crippen LogP contribution < -0.4 is 5.19 Å². The van der Waals surface area contributed by atoms with Crippen LogP contribution in [0.4, 0.5) is 8.78 Å². The molecule has 2 aromatic carbocycles. The molecular weight excluding hydrogens is 416 g/mol. The maximum absolute atomic E-state index is 14.7. The van der Waals surface area contributed by atoms with Crippen molar-refractivity contribution in [1.82, 2.24) is 4.90 Å². The number of amides is 1. The SMILES string of the molecule is COCc1ccc(C(C(=O)Cc2cc(F)c([Si](C)(C)C)c(F)c2)N2CCCC2=O)cc1. The highest BCUT2D eigenvalue weighted by Crippen LogP contribution is 2.29. The number of ketones is 1. The van der Waals surface area contributed by atoms with Crippen LogP contribution >= 0.6 is 0 Å². The Kier molecular flexibility index (Phi) is 7.06. The van der Waals surface area contributed by atoms with Crippen LogP contribution in [0.15, 0.2) is 36.4 Å². The van der Waals surface area contributed by atoms with E-state index in [1.807, 2.05) is 43.9 Å². The number of ether oxygens (including phenoxy) is 1. The predicted octanol–water partition coefficient (Wildman–Crippen LogP) is 4.13. The standard InChI is InChI=1S/C24H29F2NO3Si/c1-30-15-16-7-9-18(10-8-16)23(27-11-5-6-22(27)29)21(28)14-17-12-19(25)24(20(26)13-17)31(2,3)4/h7-10,12-13,23H,5-6,11,14-15H2,1-4H3. The lowest BCUT2D eigenvalue weighted by Gasteiger charge is -2.27. The van der Waals surface area contributed by atoms with Gasteiger partial charge in [0.05, 0.1) is 14.7 Å². The molecule has 1 amide bonds.